The van der Waals surface area contributed by atoms with Crippen molar-refractivity contribution in [3.63, 3.8) is 0 Å². The Bertz CT molecular complexity index is 1030. The van der Waals surface area contributed by atoms with Crippen LogP contribution in [0.3, 0.4) is 0 Å². The summed E-state index contributed by atoms with van der Waals surface area (Å²) in [6, 6.07) is 5.63. The Morgan fingerprint density at radius 2 is 1.94 bits per heavy atom. The van der Waals surface area contributed by atoms with Crippen LogP contribution in [-0.4, -0.2) is 61.3 Å². The summed E-state index contributed by atoms with van der Waals surface area (Å²) in [6.07, 6.45) is 13.1. The number of carbonyl (C=O) groups is 1. The largest absolute Gasteiger partial charge is 0.494 e. The number of aromatic nitrogens is 4. The predicted molar refractivity (Wildman–Crippen MR) is 120 cm³/mol. The summed E-state index contributed by atoms with van der Waals surface area (Å²) in [4.78, 5) is 21.9. The Kier molecular flexibility index (Phi) is 8.16. The number of fused-ring (bicyclic) bond motifs is 3. The van der Waals surface area contributed by atoms with Gasteiger partial charge in [0.15, 0.2) is 5.65 Å². The first-order valence-electron chi connectivity index (χ1n) is 10.1. The highest BCUT2D eigenvalue weighted by Gasteiger charge is 2.23. The first-order valence-corrected chi connectivity index (χ1v) is 10.1. The van der Waals surface area contributed by atoms with Crippen LogP contribution in [0.1, 0.15) is 39.5 Å². The van der Waals surface area contributed by atoms with Crippen LogP contribution in [0, 0.1) is 12.8 Å². The van der Waals surface area contributed by atoms with E-state index in [1.165, 1.54) is 17.3 Å². The quantitative estimate of drug-likeness (QED) is 0.617. The number of piperidine rings is 1. The maximum atomic E-state index is 11.6. The Hall–Kier alpha value is -3.38. The second-order valence-corrected chi connectivity index (χ2v) is 7.75. The summed E-state index contributed by atoms with van der Waals surface area (Å²) in [5.74, 6) is 1.06. The van der Waals surface area contributed by atoms with Gasteiger partial charge in [0.05, 0.1) is 19.1 Å². The van der Waals surface area contributed by atoms with Gasteiger partial charge in [0, 0.05) is 18.5 Å². The number of rotatable bonds is 3. The van der Waals surface area contributed by atoms with E-state index in [0.29, 0.717) is 22.9 Å². The lowest BCUT2D eigenvalue weighted by molar-refractivity contribution is -0.136. The van der Waals surface area contributed by atoms with Gasteiger partial charge in [-0.15, -0.1) is 12.8 Å². The van der Waals surface area contributed by atoms with Crippen molar-refractivity contribution in [3.05, 3.63) is 24.5 Å². The second kappa shape index (κ2) is 10.6. The van der Waals surface area contributed by atoms with E-state index in [-0.39, 0.29) is 12.3 Å². The van der Waals surface area contributed by atoms with Crippen LogP contribution in [-0.2, 0) is 4.79 Å². The van der Waals surface area contributed by atoms with E-state index in [4.69, 9.17) is 10.5 Å². The van der Waals surface area contributed by atoms with Gasteiger partial charge in [0.25, 0.3) is 0 Å². The fraction of sp³-hybridized carbons (Fsp3) is 0.455. The highest BCUT2D eigenvalue weighted by atomic mass is 16.5. The maximum absolute atomic E-state index is 11.6. The van der Waals surface area contributed by atoms with Crippen LogP contribution in [0.15, 0.2) is 24.5 Å². The Labute approximate surface area is 182 Å². The van der Waals surface area contributed by atoms with Gasteiger partial charge in [0.1, 0.15) is 17.6 Å². The van der Waals surface area contributed by atoms with Crippen molar-refractivity contribution in [2.45, 2.75) is 45.1 Å². The molecule has 0 spiro atoms. The third-order valence-electron chi connectivity index (χ3n) is 4.74. The number of nitrogen functional groups attached to an aromatic ring is 1. The molecule has 1 saturated heterocycles. The summed E-state index contributed by atoms with van der Waals surface area (Å²) in [5, 5.41) is 14.3. The summed E-state index contributed by atoms with van der Waals surface area (Å²) < 4.78 is 6.73. The van der Waals surface area contributed by atoms with Crippen LogP contribution >= 0.6 is 0 Å². The minimum absolute atomic E-state index is 0.0900. The van der Waals surface area contributed by atoms with Crippen molar-refractivity contribution in [1.82, 2.24) is 24.5 Å². The van der Waals surface area contributed by atoms with Gasteiger partial charge < -0.3 is 20.5 Å². The number of terminal acetylenes is 1. The number of likely N-dealkylation sites (tertiary alicyclic amines) is 1. The molecule has 0 unspecified atom stereocenters. The van der Waals surface area contributed by atoms with Crippen LogP contribution in [0.25, 0.3) is 16.6 Å². The molecule has 3 aromatic rings. The molecule has 0 bridgehead atoms. The highest BCUT2D eigenvalue weighted by molar-refractivity contribution is 5.95. The molecule has 4 rings (SSSR count). The van der Waals surface area contributed by atoms with Gasteiger partial charge in [-0.3, -0.25) is 4.79 Å². The smallest absolute Gasteiger partial charge is 0.225 e. The van der Waals surface area contributed by atoms with Crippen molar-refractivity contribution < 1.29 is 14.6 Å². The molecule has 1 amide bonds. The van der Waals surface area contributed by atoms with E-state index in [1.807, 2.05) is 23.1 Å². The molecule has 0 radical (unpaired) electrons. The zero-order chi connectivity index (χ0) is 23.0. The standard InChI is InChI=1S/C10H9N5O.C10H19NO2.C2H2/c1-16-7-4-2-3-6-8(7)14-10(11)15-9(6)12-5-13-15;1-10(2,13)8-9(12)11-6-4-3-5-7-11;1-2/h2-5H,1H3,(H2,11,14);13H,3-8H2,1-2H3;1-2H. The highest BCUT2D eigenvalue weighted by Crippen LogP contribution is 2.26. The van der Waals surface area contributed by atoms with E-state index in [2.05, 4.69) is 27.9 Å². The number of hydrogen-bond acceptors (Lipinski definition) is 7. The normalized spacial score (nSPS) is 13.7. The average molecular weight is 427 g/mol. The van der Waals surface area contributed by atoms with Crippen molar-refractivity contribution >= 4 is 28.4 Å². The second-order valence-electron chi connectivity index (χ2n) is 7.75. The van der Waals surface area contributed by atoms with Crippen LogP contribution in [0.2, 0.25) is 0 Å². The minimum Gasteiger partial charge on any atom is -0.494 e. The monoisotopic (exact) mass is 426 g/mol. The number of para-hydroxylation sites is 1. The fourth-order valence-electron chi connectivity index (χ4n) is 3.36. The number of hydrogen-bond donors (Lipinski definition) is 2. The van der Waals surface area contributed by atoms with Gasteiger partial charge in [-0.25, -0.2) is 9.97 Å². The van der Waals surface area contributed by atoms with E-state index in [9.17, 15) is 9.90 Å². The number of ether oxygens (including phenoxy) is 1. The molecule has 3 N–H and O–H groups in total. The van der Waals surface area contributed by atoms with Crippen LogP contribution in [0.5, 0.6) is 5.75 Å². The van der Waals surface area contributed by atoms with Gasteiger partial charge in [-0.05, 0) is 45.2 Å². The van der Waals surface area contributed by atoms with Crippen molar-refractivity contribution in [3.8, 4) is 18.6 Å². The molecule has 1 aromatic carbocycles. The molecule has 1 aliphatic heterocycles. The Balaban J connectivity index is 0.000000209. The fourth-order valence-corrected chi connectivity index (χ4v) is 3.36. The summed E-state index contributed by atoms with van der Waals surface area (Å²) in [6.45, 7) is 5.09. The van der Waals surface area contributed by atoms with Crippen LogP contribution < -0.4 is 10.5 Å². The molecule has 3 heterocycles. The third kappa shape index (κ3) is 6.06. The lowest BCUT2D eigenvalue weighted by Crippen LogP contribution is -2.39. The number of nitrogens with two attached hydrogens (primary N) is 1. The lowest BCUT2D eigenvalue weighted by Gasteiger charge is -2.29. The zero-order valence-electron chi connectivity index (χ0n) is 18.3. The number of nitrogens with zero attached hydrogens (tertiary/aromatic N) is 5. The zero-order valence-corrected chi connectivity index (χ0v) is 18.3. The number of carbonyl (C=O) groups excluding carboxylic acids is 1. The molecule has 0 saturated carbocycles. The molecule has 9 nitrogen and oxygen atoms in total. The number of methoxy groups -OCH3 is 1. The summed E-state index contributed by atoms with van der Waals surface area (Å²) in [7, 11) is 1.60. The Morgan fingerprint density at radius 3 is 2.55 bits per heavy atom. The molecule has 31 heavy (non-hydrogen) atoms. The molecular weight excluding hydrogens is 396 g/mol. The van der Waals surface area contributed by atoms with Gasteiger partial charge in [-0.2, -0.15) is 9.61 Å². The van der Waals surface area contributed by atoms with Gasteiger partial charge in [0.2, 0.25) is 11.9 Å². The van der Waals surface area contributed by atoms with E-state index < -0.39 is 5.60 Å². The average Bonchev–Trinajstić information content (AvgIpc) is 3.26. The topological polar surface area (TPSA) is 119 Å². The first kappa shape index (κ1) is 23.9. The number of anilines is 1. The maximum Gasteiger partial charge on any atom is 0.225 e. The molecule has 1 aliphatic rings. The minimum atomic E-state index is -0.867. The summed E-state index contributed by atoms with van der Waals surface area (Å²) in [5.41, 5.74) is 6.30. The SMILES string of the molecule is C#C.CC(C)(O)CC(=O)N1CCCCC1.COc1cccc2c1nc(N)n1ncnc21. The molecule has 9 heteroatoms. The van der Waals surface area contributed by atoms with E-state index in [1.54, 1.807) is 21.0 Å². The Morgan fingerprint density at radius 1 is 1.26 bits per heavy atom. The summed E-state index contributed by atoms with van der Waals surface area (Å²) >= 11 is 0. The molecule has 2 aromatic heterocycles. The van der Waals surface area contributed by atoms with Gasteiger partial charge >= 0.3 is 0 Å². The van der Waals surface area contributed by atoms with Crippen molar-refractivity contribution in [2.75, 3.05) is 25.9 Å². The van der Waals surface area contributed by atoms with E-state index in [0.717, 1.165) is 31.3 Å². The number of aliphatic hydroxyl groups is 1. The number of amides is 1. The first-order chi connectivity index (χ1) is 14.8. The third-order valence-corrected chi connectivity index (χ3v) is 4.74. The molecule has 166 valence electrons. The molecule has 0 atom stereocenters. The molecule has 1 fully saturated rings. The lowest BCUT2D eigenvalue weighted by atomic mass is 10.0. The number of benzene rings is 1. The van der Waals surface area contributed by atoms with E-state index >= 15 is 0 Å². The van der Waals surface area contributed by atoms with Crippen molar-refractivity contribution in [1.29, 1.82) is 0 Å². The van der Waals surface area contributed by atoms with Gasteiger partial charge in [-0.1, -0.05) is 6.07 Å². The van der Waals surface area contributed by atoms with Crippen LogP contribution in [0.4, 0.5) is 5.95 Å². The molecular formula is C22H30N6O3. The molecule has 0 aliphatic carbocycles. The van der Waals surface area contributed by atoms with Crippen molar-refractivity contribution in [2.24, 2.45) is 0 Å². The predicted octanol–water partition coefficient (Wildman–Crippen LogP) is 2.28.